The molecule has 0 aliphatic carbocycles. The van der Waals surface area contributed by atoms with E-state index in [0.29, 0.717) is 6.54 Å². The summed E-state index contributed by atoms with van der Waals surface area (Å²) in [6.45, 7) is 4.66. The maximum Gasteiger partial charge on any atom is 0.0955 e. The highest BCUT2D eigenvalue weighted by Crippen LogP contribution is 2.21. The second-order valence-corrected chi connectivity index (χ2v) is 3.30. The van der Waals surface area contributed by atoms with Crippen molar-refractivity contribution in [2.75, 3.05) is 0 Å². The molecule has 1 aromatic heterocycles. The van der Waals surface area contributed by atoms with Crippen molar-refractivity contribution in [3.8, 4) is 0 Å². The van der Waals surface area contributed by atoms with Gasteiger partial charge < -0.3 is 5.73 Å². The Morgan fingerprint density at radius 3 is 2.85 bits per heavy atom. The standard InChI is InChI=1S/C10H13N3/c1-6-8(5-11)3-4-9-7(2)12-13-10(6)9/h3-4H,5,11H2,1-2H3,(H,12,13). The first-order valence-electron chi connectivity index (χ1n) is 4.37. The first kappa shape index (κ1) is 8.26. The lowest BCUT2D eigenvalue weighted by Crippen LogP contribution is -1.98. The summed E-state index contributed by atoms with van der Waals surface area (Å²) in [7, 11) is 0. The number of aromatic nitrogens is 2. The lowest BCUT2D eigenvalue weighted by molar-refractivity contribution is 1.04. The van der Waals surface area contributed by atoms with Crippen LogP contribution in [0.5, 0.6) is 0 Å². The van der Waals surface area contributed by atoms with E-state index in [1.807, 2.05) is 6.92 Å². The third kappa shape index (κ3) is 1.12. The van der Waals surface area contributed by atoms with Crippen LogP contribution in [0.2, 0.25) is 0 Å². The number of nitrogens with zero attached hydrogens (tertiary/aromatic N) is 1. The van der Waals surface area contributed by atoms with Crippen LogP contribution in [0, 0.1) is 13.8 Å². The molecule has 2 rings (SSSR count). The number of nitrogens with two attached hydrogens (primary N) is 1. The predicted molar refractivity (Wildman–Crippen MR) is 53.5 cm³/mol. The highest BCUT2D eigenvalue weighted by Gasteiger charge is 2.06. The van der Waals surface area contributed by atoms with Gasteiger partial charge >= 0.3 is 0 Å². The fraction of sp³-hybridized carbons (Fsp3) is 0.300. The molecule has 3 nitrogen and oxygen atoms in total. The van der Waals surface area contributed by atoms with Crippen molar-refractivity contribution in [1.82, 2.24) is 10.2 Å². The second kappa shape index (κ2) is 2.85. The first-order chi connectivity index (χ1) is 6.24. The molecule has 0 aliphatic rings. The van der Waals surface area contributed by atoms with E-state index in [2.05, 4.69) is 29.3 Å². The van der Waals surface area contributed by atoms with Crippen molar-refractivity contribution in [2.45, 2.75) is 20.4 Å². The topological polar surface area (TPSA) is 54.7 Å². The summed E-state index contributed by atoms with van der Waals surface area (Å²) in [5, 5.41) is 8.41. The third-order valence-electron chi connectivity index (χ3n) is 2.50. The Balaban J connectivity index is 2.80. The van der Waals surface area contributed by atoms with Crippen LogP contribution >= 0.6 is 0 Å². The van der Waals surface area contributed by atoms with Crippen LogP contribution in [0.4, 0.5) is 0 Å². The molecule has 0 spiro atoms. The molecule has 0 atom stereocenters. The predicted octanol–water partition coefficient (Wildman–Crippen LogP) is 1.64. The average molecular weight is 175 g/mol. The smallest absolute Gasteiger partial charge is 0.0955 e. The van der Waals surface area contributed by atoms with Gasteiger partial charge in [-0.2, -0.15) is 5.10 Å². The third-order valence-corrected chi connectivity index (χ3v) is 2.50. The molecule has 3 N–H and O–H groups in total. The molecule has 2 aromatic rings. The summed E-state index contributed by atoms with van der Waals surface area (Å²) in [4.78, 5) is 0. The highest BCUT2D eigenvalue weighted by atomic mass is 15.1. The number of aromatic amines is 1. The van der Waals surface area contributed by atoms with Crippen molar-refractivity contribution >= 4 is 10.9 Å². The van der Waals surface area contributed by atoms with Crippen LogP contribution < -0.4 is 5.73 Å². The molecule has 0 fully saturated rings. The Morgan fingerprint density at radius 1 is 1.38 bits per heavy atom. The van der Waals surface area contributed by atoms with E-state index in [-0.39, 0.29) is 0 Å². The van der Waals surface area contributed by atoms with Gasteiger partial charge in [0.25, 0.3) is 0 Å². The van der Waals surface area contributed by atoms with Gasteiger partial charge in [-0.15, -0.1) is 0 Å². The molecule has 0 saturated heterocycles. The van der Waals surface area contributed by atoms with Gasteiger partial charge in [-0.25, -0.2) is 0 Å². The normalized spacial score (nSPS) is 11.0. The van der Waals surface area contributed by atoms with Crippen LogP contribution in [0.15, 0.2) is 12.1 Å². The fourth-order valence-electron chi connectivity index (χ4n) is 1.61. The first-order valence-corrected chi connectivity index (χ1v) is 4.37. The molecule has 68 valence electrons. The van der Waals surface area contributed by atoms with Crippen molar-refractivity contribution < 1.29 is 0 Å². The zero-order valence-electron chi connectivity index (χ0n) is 7.89. The van der Waals surface area contributed by atoms with E-state index in [0.717, 1.165) is 11.2 Å². The van der Waals surface area contributed by atoms with Crippen molar-refractivity contribution in [3.05, 3.63) is 29.0 Å². The molecular formula is C10H13N3. The van der Waals surface area contributed by atoms with Gasteiger partial charge in [-0.05, 0) is 25.0 Å². The van der Waals surface area contributed by atoms with Gasteiger partial charge in [0.1, 0.15) is 0 Å². The van der Waals surface area contributed by atoms with Gasteiger partial charge in [0, 0.05) is 17.6 Å². The number of H-pyrrole nitrogens is 1. The molecule has 13 heavy (non-hydrogen) atoms. The average Bonchev–Trinajstić information content (AvgIpc) is 2.50. The number of hydrogen-bond acceptors (Lipinski definition) is 2. The van der Waals surface area contributed by atoms with E-state index in [9.17, 15) is 0 Å². The lowest BCUT2D eigenvalue weighted by Gasteiger charge is -2.02. The number of fused-ring (bicyclic) bond motifs is 1. The maximum absolute atomic E-state index is 5.61. The molecule has 3 heteroatoms. The summed E-state index contributed by atoms with van der Waals surface area (Å²) < 4.78 is 0. The summed E-state index contributed by atoms with van der Waals surface area (Å²) in [6, 6.07) is 4.14. The minimum absolute atomic E-state index is 0.577. The molecule has 1 aromatic carbocycles. The molecular weight excluding hydrogens is 162 g/mol. The van der Waals surface area contributed by atoms with E-state index in [1.165, 1.54) is 16.5 Å². The zero-order chi connectivity index (χ0) is 9.42. The molecule has 0 unspecified atom stereocenters. The summed E-state index contributed by atoms with van der Waals surface area (Å²) in [6.07, 6.45) is 0. The number of rotatable bonds is 1. The number of nitrogens with one attached hydrogen (secondary N) is 1. The van der Waals surface area contributed by atoms with Crippen molar-refractivity contribution in [1.29, 1.82) is 0 Å². The molecule has 0 saturated carbocycles. The molecule has 0 amide bonds. The van der Waals surface area contributed by atoms with Crippen LogP contribution in [0.25, 0.3) is 10.9 Å². The second-order valence-electron chi connectivity index (χ2n) is 3.30. The van der Waals surface area contributed by atoms with Gasteiger partial charge in [-0.3, -0.25) is 5.10 Å². The van der Waals surface area contributed by atoms with E-state index in [1.54, 1.807) is 0 Å². The molecule has 0 aliphatic heterocycles. The fourth-order valence-corrected chi connectivity index (χ4v) is 1.61. The van der Waals surface area contributed by atoms with Crippen LogP contribution in [-0.4, -0.2) is 10.2 Å². The molecule has 1 heterocycles. The number of hydrogen-bond donors (Lipinski definition) is 2. The minimum Gasteiger partial charge on any atom is -0.326 e. The van der Waals surface area contributed by atoms with Gasteiger partial charge in [0.05, 0.1) is 5.52 Å². The largest absolute Gasteiger partial charge is 0.326 e. The Labute approximate surface area is 76.9 Å². The maximum atomic E-state index is 5.61. The quantitative estimate of drug-likeness (QED) is 0.692. The van der Waals surface area contributed by atoms with Crippen LogP contribution in [0.1, 0.15) is 16.8 Å². The molecule has 0 bridgehead atoms. The van der Waals surface area contributed by atoms with E-state index < -0.39 is 0 Å². The van der Waals surface area contributed by atoms with Crippen molar-refractivity contribution in [3.63, 3.8) is 0 Å². The monoisotopic (exact) mass is 175 g/mol. The summed E-state index contributed by atoms with van der Waals surface area (Å²) >= 11 is 0. The Bertz CT molecular complexity index is 443. The van der Waals surface area contributed by atoms with E-state index in [4.69, 9.17) is 5.73 Å². The Morgan fingerprint density at radius 2 is 2.15 bits per heavy atom. The highest BCUT2D eigenvalue weighted by molar-refractivity contribution is 5.84. The SMILES string of the molecule is Cc1[nH]nc2c(C)c(CN)ccc12. The Hall–Kier alpha value is -1.35. The van der Waals surface area contributed by atoms with Gasteiger partial charge in [0.15, 0.2) is 0 Å². The minimum atomic E-state index is 0.577. The molecule has 0 radical (unpaired) electrons. The zero-order valence-corrected chi connectivity index (χ0v) is 7.89. The number of benzene rings is 1. The van der Waals surface area contributed by atoms with Gasteiger partial charge in [0.2, 0.25) is 0 Å². The van der Waals surface area contributed by atoms with Gasteiger partial charge in [-0.1, -0.05) is 12.1 Å². The number of aryl methyl sites for hydroxylation is 2. The lowest BCUT2D eigenvalue weighted by atomic mass is 10.0. The van der Waals surface area contributed by atoms with Crippen molar-refractivity contribution in [2.24, 2.45) is 5.73 Å². The summed E-state index contributed by atoms with van der Waals surface area (Å²) in [5.41, 5.74) is 10.1. The summed E-state index contributed by atoms with van der Waals surface area (Å²) in [5.74, 6) is 0. The van der Waals surface area contributed by atoms with E-state index >= 15 is 0 Å². The Kier molecular flexibility index (Phi) is 1.81. The van der Waals surface area contributed by atoms with Crippen LogP contribution in [-0.2, 0) is 6.54 Å². The van der Waals surface area contributed by atoms with Crippen LogP contribution in [0.3, 0.4) is 0 Å².